The van der Waals surface area contributed by atoms with Gasteiger partial charge < -0.3 is 9.64 Å². The highest BCUT2D eigenvalue weighted by Crippen LogP contribution is 2.45. The average molecular weight is 408 g/mol. The van der Waals surface area contributed by atoms with Crippen LogP contribution in [-0.2, 0) is 0 Å². The first-order chi connectivity index (χ1) is 14.1. The maximum atomic E-state index is 12.3. The summed E-state index contributed by atoms with van der Waals surface area (Å²) in [5, 5.41) is 4.21. The summed E-state index contributed by atoms with van der Waals surface area (Å²) >= 11 is 0. The molecule has 0 aliphatic carbocycles. The van der Waals surface area contributed by atoms with E-state index >= 15 is 0 Å². The van der Waals surface area contributed by atoms with Gasteiger partial charge in [-0.1, -0.05) is 6.92 Å². The van der Waals surface area contributed by atoms with E-state index in [2.05, 4.69) is 69.1 Å². The quantitative estimate of drug-likeness (QED) is 0.543. The average Bonchev–Trinajstić information content (AvgIpc) is 2.67. The van der Waals surface area contributed by atoms with Crippen LogP contribution in [0.1, 0.15) is 74.0 Å². The second-order valence-electron chi connectivity index (χ2n) is 9.08. The Labute approximate surface area is 180 Å². The van der Waals surface area contributed by atoms with Crippen molar-refractivity contribution in [3.8, 4) is 5.75 Å². The molecule has 1 heterocycles. The number of nitrogens with one attached hydrogen (secondary N) is 1. The number of anilines is 1. The molecule has 0 fully saturated rings. The number of ether oxygens (including phenoxy) is 1. The van der Waals surface area contributed by atoms with Crippen LogP contribution in [-0.4, -0.2) is 30.8 Å². The fraction of sp³-hybridized carbons (Fsp3) is 0.440. The lowest BCUT2D eigenvalue weighted by molar-refractivity contribution is 0.0955. The third-order valence-corrected chi connectivity index (χ3v) is 5.90. The van der Waals surface area contributed by atoms with Gasteiger partial charge >= 0.3 is 0 Å². The van der Waals surface area contributed by atoms with E-state index in [9.17, 15) is 4.79 Å². The van der Waals surface area contributed by atoms with Crippen molar-refractivity contribution >= 4 is 17.8 Å². The second-order valence-corrected chi connectivity index (χ2v) is 9.08. The van der Waals surface area contributed by atoms with Gasteiger partial charge in [0.15, 0.2) is 0 Å². The molecule has 5 nitrogen and oxygen atoms in total. The Kier molecular flexibility index (Phi) is 6.20. The number of hydrogen-bond donors (Lipinski definition) is 1. The molecule has 2 aromatic carbocycles. The monoisotopic (exact) mass is 407 g/mol. The first kappa shape index (κ1) is 21.9. The molecule has 5 heteroatoms. The van der Waals surface area contributed by atoms with Crippen molar-refractivity contribution in [1.29, 1.82) is 0 Å². The van der Waals surface area contributed by atoms with Crippen LogP contribution >= 0.6 is 0 Å². The van der Waals surface area contributed by atoms with E-state index < -0.39 is 0 Å². The molecule has 0 saturated carbocycles. The predicted molar refractivity (Wildman–Crippen MR) is 124 cm³/mol. The fourth-order valence-electron chi connectivity index (χ4n) is 4.70. The molecule has 0 radical (unpaired) electrons. The van der Waals surface area contributed by atoms with Gasteiger partial charge in [-0.3, -0.25) is 4.79 Å². The van der Waals surface area contributed by atoms with Crippen LogP contribution in [0.25, 0.3) is 0 Å². The van der Waals surface area contributed by atoms with Crippen molar-refractivity contribution in [2.75, 3.05) is 12.0 Å². The lowest BCUT2D eigenvalue weighted by Gasteiger charge is -2.50. The molecular weight excluding hydrogens is 374 g/mol. The second kappa shape index (κ2) is 8.50. The Morgan fingerprint density at radius 1 is 1.27 bits per heavy atom. The SMILES string of the molecule is COc1ccc(C(=O)N/N=C\c2cc3c(cc2C)N(C(C)C)C(C)(C)C[C@@H]3C)cc1. The smallest absolute Gasteiger partial charge is 0.271 e. The first-order valence-electron chi connectivity index (χ1n) is 10.6. The van der Waals surface area contributed by atoms with Crippen molar-refractivity contribution < 1.29 is 9.53 Å². The number of benzene rings is 2. The highest BCUT2D eigenvalue weighted by molar-refractivity contribution is 5.95. The van der Waals surface area contributed by atoms with Crippen LogP contribution in [0.15, 0.2) is 41.5 Å². The summed E-state index contributed by atoms with van der Waals surface area (Å²) in [6.07, 6.45) is 2.84. The highest BCUT2D eigenvalue weighted by Gasteiger charge is 2.37. The maximum absolute atomic E-state index is 12.3. The van der Waals surface area contributed by atoms with Gasteiger partial charge in [-0.15, -0.1) is 0 Å². The van der Waals surface area contributed by atoms with Gasteiger partial charge in [-0.25, -0.2) is 5.43 Å². The number of carbonyl (C=O) groups is 1. The topological polar surface area (TPSA) is 53.9 Å². The van der Waals surface area contributed by atoms with E-state index in [-0.39, 0.29) is 11.4 Å². The number of hydrazone groups is 1. The third kappa shape index (κ3) is 4.35. The summed E-state index contributed by atoms with van der Waals surface area (Å²) in [5.74, 6) is 0.935. The molecule has 1 N–H and O–H groups in total. The molecule has 1 atom stereocenters. The van der Waals surface area contributed by atoms with E-state index in [1.165, 1.54) is 11.3 Å². The molecule has 0 spiro atoms. The number of rotatable bonds is 5. The number of nitrogens with zero attached hydrogens (tertiary/aromatic N) is 2. The standard InChI is InChI=1S/C25H33N3O2/c1-16(2)28-23-12-17(3)20(13-22(23)18(4)14-25(28,5)6)15-26-27-24(29)19-8-10-21(30-7)11-9-19/h8-13,15-16,18H,14H2,1-7H3,(H,27,29)/b26-15-/t18-/m0/s1. The van der Waals surface area contributed by atoms with Crippen LogP contribution in [0, 0.1) is 6.92 Å². The molecule has 3 rings (SSSR count). The zero-order valence-corrected chi connectivity index (χ0v) is 19.1. The van der Waals surface area contributed by atoms with E-state index in [0.29, 0.717) is 23.3 Å². The molecule has 160 valence electrons. The third-order valence-electron chi connectivity index (χ3n) is 5.90. The normalized spacial score (nSPS) is 17.9. The molecule has 1 aliphatic heterocycles. The number of carbonyl (C=O) groups excluding carboxylic acids is 1. The van der Waals surface area contributed by atoms with Gasteiger partial charge in [0.25, 0.3) is 5.91 Å². The van der Waals surface area contributed by atoms with Crippen LogP contribution in [0.3, 0.4) is 0 Å². The van der Waals surface area contributed by atoms with Crippen molar-refractivity contribution in [3.05, 3.63) is 58.7 Å². The number of aryl methyl sites for hydroxylation is 1. The minimum Gasteiger partial charge on any atom is -0.497 e. The van der Waals surface area contributed by atoms with E-state index in [0.717, 1.165) is 17.5 Å². The Morgan fingerprint density at radius 2 is 1.93 bits per heavy atom. The van der Waals surface area contributed by atoms with E-state index in [1.807, 2.05) is 0 Å². The van der Waals surface area contributed by atoms with Crippen LogP contribution in [0.4, 0.5) is 5.69 Å². The molecule has 0 bridgehead atoms. The summed E-state index contributed by atoms with van der Waals surface area (Å²) in [5.41, 5.74) is 8.11. The summed E-state index contributed by atoms with van der Waals surface area (Å²) in [7, 11) is 1.60. The lowest BCUT2D eigenvalue weighted by Crippen LogP contribution is -2.51. The van der Waals surface area contributed by atoms with Crippen molar-refractivity contribution in [2.24, 2.45) is 5.10 Å². The zero-order chi connectivity index (χ0) is 22.1. The molecule has 0 aromatic heterocycles. The number of methoxy groups -OCH3 is 1. The van der Waals surface area contributed by atoms with Gasteiger partial charge in [-0.2, -0.15) is 5.10 Å². The Bertz CT molecular complexity index is 946. The number of hydrogen-bond acceptors (Lipinski definition) is 4. The number of amides is 1. The molecule has 30 heavy (non-hydrogen) atoms. The Morgan fingerprint density at radius 3 is 2.53 bits per heavy atom. The fourth-order valence-corrected chi connectivity index (χ4v) is 4.70. The van der Waals surface area contributed by atoms with Gasteiger partial charge in [0.1, 0.15) is 5.75 Å². The summed E-state index contributed by atoms with van der Waals surface area (Å²) in [6.45, 7) is 13.5. The van der Waals surface area contributed by atoms with Crippen LogP contribution in [0.2, 0.25) is 0 Å². The van der Waals surface area contributed by atoms with Gasteiger partial charge in [-0.05, 0) is 100 Å². The molecule has 1 aliphatic rings. The molecule has 0 saturated heterocycles. The van der Waals surface area contributed by atoms with Crippen LogP contribution < -0.4 is 15.1 Å². The minimum absolute atomic E-state index is 0.120. The summed E-state index contributed by atoms with van der Waals surface area (Å²) < 4.78 is 5.13. The van der Waals surface area contributed by atoms with Crippen molar-refractivity contribution in [2.45, 2.75) is 65.5 Å². The minimum atomic E-state index is -0.245. The van der Waals surface area contributed by atoms with Gasteiger partial charge in [0.2, 0.25) is 0 Å². The predicted octanol–water partition coefficient (Wildman–Crippen LogP) is 5.27. The Hall–Kier alpha value is -2.82. The lowest BCUT2D eigenvalue weighted by atomic mass is 9.78. The molecule has 2 aromatic rings. The van der Waals surface area contributed by atoms with Crippen LogP contribution in [0.5, 0.6) is 5.75 Å². The highest BCUT2D eigenvalue weighted by atomic mass is 16.5. The summed E-state index contributed by atoms with van der Waals surface area (Å²) in [4.78, 5) is 14.9. The van der Waals surface area contributed by atoms with E-state index in [1.54, 1.807) is 37.6 Å². The summed E-state index contributed by atoms with van der Waals surface area (Å²) in [6, 6.07) is 11.9. The maximum Gasteiger partial charge on any atom is 0.271 e. The molecular formula is C25H33N3O2. The van der Waals surface area contributed by atoms with Gasteiger partial charge in [0.05, 0.1) is 13.3 Å². The largest absolute Gasteiger partial charge is 0.497 e. The first-order valence-corrected chi connectivity index (χ1v) is 10.6. The zero-order valence-electron chi connectivity index (χ0n) is 19.1. The molecule has 1 amide bonds. The van der Waals surface area contributed by atoms with Crippen molar-refractivity contribution in [3.63, 3.8) is 0 Å². The molecule has 0 unspecified atom stereocenters. The van der Waals surface area contributed by atoms with Crippen molar-refractivity contribution in [1.82, 2.24) is 5.43 Å². The number of fused-ring (bicyclic) bond motifs is 1. The van der Waals surface area contributed by atoms with E-state index in [4.69, 9.17) is 4.74 Å². The Balaban J connectivity index is 1.82. The van der Waals surface area contributed by atoms with Gasteiger partial charge in [0, 0.05) is 22.8 Å².